The molecule has 4 nitrogen and oxygen atoms in total. The van der Waals surface area contributed by atoms with Crippen molar-refractivity contribution in [2.75, 3.05) is 38.2 Å². The smallest absolute Gasteiger partial charge is 0.139 e. The Morgan fingerprint density at radius 3 is 2.32 bits per heavy atom. The number of benzene rings is 2. The lowest BCUT2D eigenvalue weighted by Gasteiger charge is -2.40. The molecule has 1 heterocycles. The normalized spacial score (nSPS) is 18.9. The van der Waals surface area contributed by atoms with E-state index in [1.165, 1.54) is 48.1 Å². The van der Waals surface area contributed by atoms with Crippen LogP contribution in [0.15, 0.2) is 30.3 Å². The molecule has 0 amide bonds. The number of hydrogen-bond acceptors (Lipinski definition) is 4. The molecule has 1 saturated heterocycles. The predicted molar refractivity (Wildman–Crippen MR) is 129 cm³/mol. The Kier molecular flexibility index (Phi) is 6.98. The Balaban J connectivity index is 1.41. The number of anilines is 1. The van der Waals surface area contributed by atoms with Crippen LogP contribution in [-0.4, -0.2) is 44.3 Å². The summed E-state index contributed by atoms with van der Waals surface area (Å²) in [5, 5.41) is 0.657. The van der Waals surface area contributed by atoms with E-state index in [2.05, 4.69) is 48.8 Å². The van der Waals surface area contributed by atoms with Crippen molar-refractivity contribution in [3.8, 4) is 11.5 Å². The molecular formula is C26H35ClN2O2. The van der Waals surface area contributed by atoms with Crippen molar-refractivity contribution in [3.63, 3.8) is 0 Å². The molecule has 2 aromatic rings. The van der Waals surface area contributed by atoms with Crippen molar-refractivity contribution in [1.29, 1.82) is 0 Å². The van der Waals surface area contributed by atoms with E-state index in [1.807, 2.05) is 12.1 Å². The molecule has 1 aliphatic heterocycles. The van der Waals surface area contributed by atoms with E-state index in [1.54, 1.807) is 7.11 Å². The van der Waals surface area contributed by atoms with E-state index in [-0.39, 0.29) is 0 Å². The van der Waals surface area contributed by atoms with E-state index in [0.29, 0.717) is 17.2 Å². The maximum atomic E-state index is 6.32. The van der Waals surface area contributed by atoms with Crippen LogP contribution in [0, 0.1) is 13.8 Å². The molecule has 168 valence electrons. The minimum atomic E-state index is 0.390. The third-order valence-corrected chi connectivity index (χ3v) is 7.50. The Morgan fingerprint density at radius 1 is 0.935 bits per heavy atom. The van der Waals surface area contributed by atoms with Crippen molar-refractivity contribution in [2.24, 2.45) is 0 Å². The lowest BCUT2D eigenvalue weighted by atomic mass is 9.96. The van der Waals surface area contributed by atoms with Crippen molar-refractivity contribution in [2.45, 2.75) is 58.6 Å². The van der Waals surface area contributed by atoms with E-state index < -0.39 is 0 Å². The third kappa shape index (κ3) is 4.80. The summed E-state index contributed by atoms with van der Waals surface area (Å²) in [6.07, 6.45) is 5.39. The van der Waals surface area contributed by atoms with Crippen LogP contribution in [0.1, 0.15) is 55.3 Å². The first kappa shape index (κ1) is 22.3. The summed E-state index contributed by atoms with van der Waals surface area (Å²) in [6.45, 7) is 10.8. The molecule has 0 spiro atoms. The number of piperazine rings is 1. The van der Waals surface area contributed by atoms with Crippen LogP contribution in [0.25, 0.3) is 0 Å². The molecule has 1 aliphatic carbocycles. The molecule has 5 heteroatoms. The fourth-order valence-electron chi connectivity index (χ4n) is 4.99. The van der Waals surface area contributed by atoms with Crippen molar-refractivity contribution in [1.82, 2.24) is 4.90 Å². The second kappa shape index (κ2) is 9.70. The number of rotatable bonds is 6. The highest BCUT2D eigenvalue weighted by Gasteiger charge is 2.25. The van der Waals surface area contributed by atoms with Gasteiger partial charge in [0.05, 0.1) is 18.2 Å². The van der Waals surface area contributed by atoms with Crippen LogP contribution in [0.2, 0.25) is 5.02 Å². The number of methoxy groups -OCH3 is 1. The van der Waals surface area contributed by atoms with Gasteiger partial charge in [-0.1, -0.05) is 17.7 Å². The molecule has 31 heavy (non-hydrogen) atoms. The molecule has 1 saturated carbocycles. The lowest BCUT2D eigenvalue weighted by molar-refractivity contribution is 0.196. The fourth-order valence-corrected chi connectivity index (χ4v) is 5.19. The zero-order valence-corrected chi connectivity index (χ0v) is 20.0. The van der Waals surface area contributed by atoms with Crippen LogP contribution in [0.4, 0.5) is 5.69 Å². The monoisotopic (exact) mass is 442 g/mol. The quantitative estimate of drug-likeness (QED) is 0.534. The van der Waals surface area contributed by atoms with E-state index in [0.717, 1.165) is 37.7 Å². The Hall–Kier alpha value is -1.91. The Bertz CT molecular complexity index is 903. The minimum Gasteiger partial charge on any atom is -0.495 e. The topological polar surface area (TPSA) is 24.9 Å². The molecule has 2 aliphatic rings. The van der Waals surface area contributed by atoms with Gasteiger partial charge in [0.25, 0.3) is 0 Å². The molecule has 1 unspecified atom stereocenters. The summed E-state index contributed by atoms with van der Waals surface area (Å²) >= 11 is 6.19. The highest BCUT2D eigenvalue weighted by atomic mass is 35.5. The minimum absolute atomic E-state index is 0.390. The molecule has 1 atom stereocenters. The van der Waals surface area contributed by atoms with Gasteiger partial charge in [-0.15, -0.1) is 0 Å². The van der Waals surface area contributed by atoms with Gasteiger partial charge in [0.2, 0.25) is 0 Å². The van der Waals surface area contributed by atoms with Crippen LogP contribution in [-0.2, 0) is 0 Å². The number of ether oxygens (including phenoxy) is 2. The summed E-state index contributed by atoms with van der Waals surface area (Å²) in [4.78, 5) is 5.00. The molecule has 0 radical (unpaired) electrons. The molecule has 0 aromatic heterocycles. The molecule has 0 bridgehead atoms. The van der Waals surface area contributed by atoms with Gasteiger partial charge in [0.1, 0.15) is 11.5 Å². The first-order chi connectivity index (χ1) is 15.0. The third-order valence-electron chi connectivity index (χ3n) is 7.19. The molecule has 0 N–H and O–H groups in total. The van der Waals surface area contributed by atoms with Crippen molar-refractivity contribution in [3.05, 3.63) is 52.0 Å². The van der Waals surface area contributed by atoms with Gasteiger partial charge in [-0.05, 0) is 81.3 Å². The second-order valence-electron chi connectivity index (χ2n) is 8.95. The lowest BCUT2D eigenvalue weighted by Crippen LogP contribution is -2.47. The van der Waals surface area contributed by atoms with Crippen LogP contribution >= 0.6 is 11.6 Å². The first-order valence-corrected chi connectivity index (χ1v) is 11.9. The molecule has 2 fully saturated rings. The van der Waals surface area contributed by atoms with Crippen LogP contribution in [0.5, 0.6) is 11.5 Å². The Labute approximate surface area is 192 Å². The van der Waals surface area contributed by atoms with Gasteiger partial charge in [0, 0.05) is 44.0 Å². The summed E-state index contributed by atoms with van der Waals surface area (Å²) in [5.41, 5.74) is 5.25. The van der Waals surface area contributed by atoms with Crippen molar-refractivity contribution >= 4 is 17.3 Å². The summed E-state index contributed by atoms with van der Waals surface area (Å²) in [6, 6.07) is 10.9. The van der Waals surface area contributed by atoms with Gasteiger partial charge in [-0.2, -0.15) is 0 Å². The second-order valence-corrected chi connectivity index (χ2v) is 9.35. The maximum absolute atomic E-state index is 6.32. The highest BCUT2D eigenvalue weighted by Crippen LogP contribution is 2.34. The first-order valence-electron chi connectivity index (χ1n) is 11.6. The summed E-state index contributed by atoms with van der Waals surface area (Å²) in [5.74, 6) is 1.81. The average molecular weight is 443 g/mol. The largest absolute Gasteiger partial charge is 0.495 e. The van der Waals surface area contributed by atoms with Gasteiger partial charge in [0.15, 0.2) is 0 Å². The SMILES string of the molecule is COc1cc(N2CCN(C(C)c3ccc(OC4CCCC4)c(C)c3C)CC2)ccc1Cl. The predicted octanol–water partition coefficient (Wildman–Crippen LogP) is 6.17. The highest BCUT2D eigenvalue weighted by molar-refractivity contribution is 6.32. The van der Waals surface area contributed by atoms with Crippen molar-refractivity contribution < 1.29 is 9.47 Å². The molecular weight excluding hydrogens is 408 g/mol. The van der Waals surface area contributed by atoms with Gasteiger partial charge >= 0.3 is 0 Å². The van der Waals surface area contributed by atoms with E-state index >= 15 is 0 Å². The van der Waals surface area contributed by atoms with Gasteiger partial charge < -0.3 is 14.4 Å². The summed E-state index contributed by atoms with van der Waals surface area (Å²) < 4.78 is 11.7. The maximum Gasteiger partial charge on any atom is 0.139 e. The van der Waals surface area contributed by atoms with Crippen LogP contribution < -0.4 is 14.4 Å². The molecule has 4 rings (SSSR count). The molecule has 2 aromatic carbocycles. The van der Waals surface area contributed by atoms with E-state index in [9.17, 15) is 0 Å². The fraction of sp³-hybridized carbons (Fsp3) is 0.538. The number of halogens is 1. The van der Waals surface area contributed by atoms with Crippen LogP contribution in [0.3, 0.4) is 0 Å². The average Bonchev–Trinajstić information content (AvgIpc) is 3.30. The zero-order chi connectivity index (χ0) is 22.0. The zero-order valence-electron chi connectivity index (χ0n) is 19.3. The Morgan fingerprint density at radius 2 is 1.65 bits per heavy atom. The number of hydrogen-bond donors (Lipinski definition) is 0. The van der Waals surface area contributed by atoms with E-state index in [4.69, 9.17) is 21.1 Å². The van der Waals surface area contributed by atoms with Gasteiger partial charge in [-0.25, -0.2) is 0 Å². The standard InChI is InChI=1S/C26H35ClN2O2/c1-18-19(2)25(31-22-7-5-6-8-22)12-10-23(18)20(3)28-13-15-29(16-14-28)21-9-11-24(27)26(17-21)30-4/h9-12,17,20,22H,5-8,13-16H2,1-4H3. The number of nitrogens with zero attached hydrogens (tertiary/aromatic N) is 2. The summed E-state index contributed by atoms with van der Waals surface area (Å²) in [7, 11) is 1.67. The van der Waals surface area contributed by atoms with Gasteiger partial charge in [-0.3, -0.25) is 4.90 Å².